The number of ether oxygens (including phenoxy) is 1. The van der Waals surface area contributed by atoms with Crippen LogP contribution in [0.25, 0.3) is 0 Å². The smallest absolute Gasteiger partial charge is 0.302 e. The van der Waals surface area contributed by atoms with Crippen LogP contribution in [0.2, 0.25) is 0 Å². The average molecular weight is 148 g/mol. The highest BCUT2D eigenvalue weighted by molar-refractivity contribution is 5.65. The van der Waals surface area contributed by atoms with Gasteiger partial charge in [0.25, 0.3) is 0 Å². The number of hydrogen-bond acceptors (Lipinski definition) is 4. The Labute approximate surface area is 60.0 Å². The normalized spacial score (nSPS) is 9.40. The topological polar surface area (TPSA) is 44.8 Å². The second-order valence-corrected chi connectivity index (χ2v) is 1.57. The van der Waals surface area contributed by atoms with E-state index in [0.29, 0.717) is 6.61 Å². The molecule has 10 heavy (non-hydrogen) atoms. The molecule has 0 spiro atoms. The second-order valence-electron chi connectivity index (χ2n) is 1.57. The van der Waals surface area contributed by atoms with Crippen molar-refractivity contribution in [2.45, 2.75) is 13.8 Å². The molecule has 0 radical (unpaired) electrons. The van der Waals surface area contributed by atoms with Crippen LogP contribution in [-0.4, -0.2) is 25.8 Å². The van der Waals surface area contributed by atoms with Crippen molar-refractivity contribution in [3.05, 3.63) is 0 Å². The van der Waals surface area contributed by atoms with Gasteiger partial charge in [-0.25, -0.2) is 9.78 Å². The molecule has 0 aromatic rings. The Morgan fingerprint density at radius 3 is 2.50 bits per heavy atom. The first-order valence-electron chi connectivity index (χ1n) is 3.15. The molecule has 0 aliphatic carbocycles. The van der Waals surface area contributed by atoms with E-state index < -0.39 is 0 Å². The van der Waals surface area contributed by atoms with Gasteiger partial charge in [-0.05, 0) is 6.92 Å². The van der Waals surface area contributed by atoms with Gasteiger partial charge >= 0.3 is 5.97 Å². The Morgan fingerprint density at radius 2 is 2.00 bits per heavy atom. The Morgan fingerprint density at radius 1 is 1.30 bits per heavy atom. The molecule has 0 bridgehead atoms. The van der Waals surface area contributed by atoms with Crippen LogP contribution in [0.5, 0.6) is 0 Å². The zero-order valence-electron chi connectivity index (χ0n) is 6.25. The molecule has 4 nitrogen and oxygen atoms in total. The van der Waals surface area contributed by atoms with Gasteiger partial charge in [-0.2, -0.15) is 0 Å². The highest BCUT2D eigenvalue weighted by Crippen LogP contribution is 1.80. The quantitative estimate of drug-likeness (QED) is 0.247. The molecule has 4 heteroatoms. The molecule has 0 aromatic carbocycles. The fourth-order valence-electron chi connectivity index (χ4n) is 0.362. The molecule has 0 saturated carbocycles. The van der Waals surface area contributed by atoms with Gasteiger partial charge in [0.1, 0.15) is 13.2 Å². The molecule has 60 valence electrons. The van der Waals surface area contributed by atoms with Crippen LogP contribution >= 0.6 is 0 Å². The SMILES string of the molecule is CCOOCCOC(C)=O. The fraction of sp³-hybridized carbons (Fsp3) is 0.833. The molecule has 0 N–H and O–H groups in total. The summed E-state index contributed by atoms with van der Waals surface area (Å²) in [5.74, 6) is -0.305. The molecule has 0 unspecified atom stereocenters. The summed E-state index contributed by atoms with van der Waals surface area (Å²) in [6, 6.07) is 0. The van der Waals surface area contributed by atoms with Gasteiger partial charge in [0, 0.05) is 6.92 Å². The van der Waals surface area contributed by atoms with E-state index in [4.69, 9.17) is 0 Å². The van der Waals surface area contributed by atoms with Gasteiger partial charge in [0.05, 0.1) is 6.61 Å². The first kappa shape index (κ1) is 9.39. The van der Waals surface area contributed by atoms with Crippen LogP contribution in [0.15, 0.2) is 0 Å². The van der Waals surface area contributed by atoms with Crippen molar-refractivity contribution in [2.24, 2.45) is 0 Å². The summed E-state index contributed by atoms with van der Waals surface area (Å²) in [7, 11) is 0. The van der Waals surface area contributed by atoms with E-state index in [1.165, 1.54) is 6.92 Å². The molecule has 0 heterocycles. The zero-order chi connectivity index (χ0) is 7.82. The van der Waals surface area contributed by atoms with Gasteiger partial charge in [0.15, 0.2) is 0 Å². The summed E-state index contributed by atoms with van der Waals surface area (Å²) < 4.78 is 4.54. The van der Waals surface area contributed by atoms with Crippen LogP contribution in [0.1, 0.15) is 13.8 Å². The zero-order valence-corrected chi connectivity index (χ0v) is 6.25. The van der Waals surface area contributed by atoms with E-state index in [0.717, 1.165) is 0 Å². The predicted molar refractivity (Wildman–Crippen MR) is 34.2 cm³/mol. The van der Waals surface area contributed by atoms with Crippen molar-refractivity contribution in [3.8, 4) is 0 Å². The molecule has 0 amide bonds. The molecule has 0 fully saturated rings. The third-order valence-electron chi connectivity index (χ3n) is 0.673. The minimum absolute atomic E-state index is 0.245. The predicted octanol–water partition coefficient (Wildman–Crippen LogP) is 0.518. The Balaban J connectivity index is 2.84. The van der Waals surface area contributed by atoms with Crippen molar-refractivity contribution >= 4 is 5.97 Å². The highest BCUT2D eigenvalue weighted by Gasteiger charge is 1.91. The van der Waals surface area contributed by atoms with Gasteiger partial charge in [0.2, 0.25) is 0 Å². The summed E-state index contributed by atoms with van der Waals surface area (Å²) in [6.45, 7) is 4.19. The Kier molecular flexibility index (Phi) is 6.11. The molecule has 0 atom stereocenters. The van der Waals surface area contributed by atoms with Crippen molar-refractivity contribution in [1.82, 2.24) is 0 Å². The third-order valence-corrected chi connectivity index (χ3v) is 0.673. The maximum atomic E-state index is 10.2. The summed E-state index contributed by atoms with van der Waals surface area (Å²) >= 11 is 0. The van der Waals surface area contributed by atoms with Gasteiger partial charge in [-0.3, -0.25) is 4.79 Å². The number of hydrogen-bond donors (Lipinski definition) is 0. The van der Waals surface area contributed by atoms with E-state index in [1.54, 1.807) is 0 Å². The van der Waals surface area contributed by atoms with Crippen LogP contribution in [0, 0.1) is 0 Å². The lowest BCUT2D eigenvalue weighted by molar-refractivity contribution is -0.294. The largest absolute Gasteiger partial charge is 0.463 e. The van der Waals surface area contributed by atoms with Crippen LogP contribution in [-0.2, 0) is 19.3 Å². The van der Waals surface area contributed by atoms with Crippen molar-refractivity contribution in [2.75, 3.05) is 19.8 Å². The van der Waals surface area contributed by atoms with Gasteiger partial charge < -0.3 is 4.74 Å². The first-order valence-corrected chi connectivity index (χ1v) is 3.15. The van der Waals surface area contributed by atoms with Gasteiger partial charge in [-0.1, -0.05) is 0 Å². The maximum absolute atomic E-state index is 10.2. The molecule has 0 saturated heterocycles. The van der Waals surface area contributed by atoms with Crippen LogP contribution in [0.4, 0.5) is 0 Å². The molecular formula is C6H12O4. The lowest BCUT2D eigenvalue weighted by atomic mass is 10.7. The summed E-state index contributed by atoms with van der Waals surface area (Å²) in [5.41, 5.74) is 0. The lowest BCUT2D eigenvalue weighted by Gasteiger charge is -2.00. The molecule has 0 aliphatic heterocycles. The van der Waals surface area contributed by atoms with Crippen molar-refractivity contribution in [3.63, 3.8) is 0 Å². The molecular weight excluding hydrogens is 136 g/mol. The van der Waals surface area contributed by atoms with E-state index in [9.17, 15) is 4.79 Å². The maximum Gasteiger partial charge on any atom is 0.302 e. The molecule has 0 rings (SSSR count). The number of carbonyl (C=O) groups excluding carboxylic acids is 1. The Bertz CT molecular complexity index is 91.7. The number of carbonyl (C=O) groups is 1. The van der Waals surface area contributed by atoms with Gasteiger partial charge in [-0.15, -0.1) is 0 Å². The standard InChI is InChI=1S/C6H12O4/c1-3-9-10-5-4-8-6(2)7/h3-5H2,1-2H3. The van der Waals surface area contributed by atoms with Crippen molar-refractivity contribution < 1.29 is 19.3 Å². The van der Waals surface area contributed by atoms with E-state index in [1.807, 2.05) is 6.92 Å². The van der Waals surface area contributed by atoms with Crippen molar-refractivity contribution in [1.29, 1.82) is 0 Å². The average Bonchev–Trinajstić information content (AvgIpc) is 1.87. The number of esters is 1. The Hall–Kier alpha value is -0.610. The molecule has 0 aliphatic rings. The van der Waals surface area contributed by atoms with E-state index in [-0.39, 0.29) is 19.2 Å². The third kappa shape index (κ3) is 7.39. The van der Waals surface area contributed by atoms with E-state index in [2.05, 4.69) is 14.5 Å². The summed E-state index contributed by atoms with van der Waals surface area (Å²) in [4.78, 5) is 19.2. The molecule has 0 aromatic heterocycles. The summed E-state index contributed by atoms with van der Waals surface area (Å²) in [6.07, 6.45) is 0. The lowest BCUT2D eigenvalue weighted by Crippen LogP contribution is -2.07. The second kappa shape index (κ2) is 6.51. The van der Waals surface area contributed by atoms with Crippen LogP contribution in [0.3, 0.4) is 0 Å². The minimum atomic E-state index is -0.305. The number of rotatable bonds is 5. The highest BCUT2D eigenvalue weighted by atomic mass is 17.2. The first-order chi connectivity index (χ1) is 4.77. The monoisotopic (exact) mass is 148 g/mol. The van der Waals surface area contributed by atoms with Crippen LogP contribution < -0.4 is 0 Å². The minimum Gasteiger partial charge on any atom is -0.463 e. The van der Waals surface area contributed by atoms with E-state index >= 15 is 0 Å². The fourth-order valence-corrected chi connectivity index (χ4v) is 0.362. The summed E-state index contributed by atoms with van der Waals surface area (Å²) in [5, 5.41) is 0.